The molecule has 3 atom stereocenters. The van der Waals surface area contributed by atoms with Gasteiger partial charge in [0.05, 0.1) is 13.2 Å². The van der Waals surface area contributed by atoms with Crippen LogP contribution in [0.5, 0.6) is 0 Å². The Labute approximate surface area is 164 Å². The molecule has 2 aliphatic rings. The Morgan fingerprint density at radius 1 is 1.40 bits per heavy atom. The third-order valence-electron chi connectivity index (χ3n) is 4.09. The molecule has 0 spiro atoms. The fourth-order valence-electron chi connectivity index (χ4n) is 2.89. The van der Waals surface area contributed by atoms with Gasteiger partial charge in [0.15, 0.2) is 12.2 Å². The Hall–Kier alpha value is -1.38. The molecule has 0 amide bonds. The van der Waals surface area contributed by atoms with Crippen LogP contribution in [0.15, 0.2) is 40.6 Å². The molecule has 8 heteroatoms. The molecule has 0 aromatic heterocycles. The number of benzene rings is 1. The first-order chi connectivity index (χ1) is 11.6. The quantitative estimate of drug-likeness (QED) is 0.658. The summed E-state index contributed by atoms with van der Waals surface area (Å²) in [5.41, 5.74) is 0.714. The lowest BCUT2D eigenvalue weighted by Gasteiger charge is -2.26. The lowest BCUT2D eigenvalue weighted by atomic mass is 10.0. The summed E-state index contributed by atoms with van der Waals surface area (Å²) in [5, 5.41) is 3.11. The molecule has 3 rings (SSSR count). The Bertz CT molecular complexity index is 673. The van der Waals surface area contributed by atoms with Crippen LogP contribution in [0.3, 0.4) is 0 Å². The molecule has 1 aromatic rings. The third kappa shape index (κ3) is 4.43. The van der Waals surface area contributed by atoms with Crippen LogP contribution in [0.4, 0.5) is 0 Å². The van der Waals surface area contributed by atoms with Gasteiger partial charge in [0.1, 0.15) is 11.8 Å². The topological polar surface area (TPSA) is 73.9 Å². The number of carbonyl (C=O) groups excluding carboxylic acids is 2. The van der Waals surface area contributed by atoms with Crippen molar-refractivity contribution in [1.82, 2.24) is 5.32 Å². The van der Waals surface area contributed by atoms with Gasteiger partial charge in [0.2, 0.25) is 0 Å². The molecule has 1 N–H and O–H groups in total. The second-order valence-corrected chi connectivity index (χ2v) is 6.49. The van der Waals surface area contributed by atoms with Crippen molar-refractivity contribution in [3.8, 4) is 0 Å². The van der Waals surface area contributed by atoms with Gasteiger partial charge >= 0.3 is 11.9 Å². The van der Waals surface area contributed by atoms with Crippen LogP contribution in [0.1, 0.15) is 24.5 Å². The van der Waals surface area contributed by atoms with Gasteiger partial charge in [-0.1, -0.05) is 34.1 Å². The standard InChI is InChI=1S/C17H18BrNO5.BrH/c1-22-13-9-14(20)23-16(13)15(10-5-2-3-6-11(10)18)24-17(21)12-7-4-8-19-12;/h2-3,5-6,9,12,15-16,19H,4,7-8H2,1H3;1H/t12-,15?,16?;/m0./s1. The van der Waals surface area contributed by atoms with E-state index in [2.05, 4.69) is 21.2 Å². The van der Waals surface area contributed by atoms with Gasteiger partial charge in [-0.25, -0.2) is 4.79 Å². The molecule has 0 saturated carbocycles. The first kappa shape index (κ1) is 19.9. The van der Waals surface area contributed by atoms with Crippen molar-refractivity contribution in [1.29, 1.82) is 0 Å². The smallest absolute Gasteiger partial charge is 0.335 e. The Kier molecular flexibility index (Phi) is 7.04. The molecule has 25 heavy (non-hydrogen) atoms. The molecule has 2 unspecified atom stereocenters. The van der Waals surface area contributed by atoms with E-state index in [1.807, 2.05) is 24.3 Å². The minimum atomic E-state index is -0.799. The summed E-state index contributed by atoms with van der Waals surface area (Å²) in [7, 11) is 1.46. The molecular weight excluding hydrogens is 458 g/mol. The zero-order valence-corrected chi connectivity index (χ0v) is 16.9. The number of cyclic esters (lactones) is 1. The van der Waals surface area contributed by atoms with Gasteiger partial charge in [-0.3, -0.25) is 4.79 Å². The molecule has 1 aromatic carbocycles. The molecule has 2 aliphatic heterocycles. The Morgan fingerprint density at radius 3 is 2.80 bits per heavy atom. The molecule has 1 fully saturated rings. The summed E-state index contributed by atoms with van der Waals surface area (Å²) >= 11 is 3.47. The van der Waals surface area contributed by atoms with E-state index in [0.29, 0.717) is 11.3 Å². The van der Waals surface area contributed by atoms with Crippen molar-refractivity contribution in [2.45, 2.75) is 31.1 Å². The van der Waals surface area contributed by atoms with Crippen LogP contribution in [0, 0.1) is 0 Å². The Balaban J connectivity index is 0.00000225. The summed E-state index contributed by atoms with van der Waals surface area (Å²) in [4.78, 5) is 24.1. The van der Waals surface area contributed by atoms with E-state index >= 15 is 0 Å². The van der Waals surface area contributed by atoms with Gasteiger partial charge in [0, 0.05) is 10.0 Å². The molecule has 1 saturated heterocycles. The van der Waals surface area contributed by atoms with E-state index in [9.17, 15) is 9.59 Å². The minimum absolute atomic E-state index is 0. The predicted octanol–water partition coefficient (Wildman–Crippen LogP) is 2.82. The number of hydrogen-bond donors (Lipinski definition) is 1. The molecule has 136 valence electrons. The van der Waals surface area contributed by atoms with E-state index in [4.69, 9.17) is 14.2 Å². The third-order valence-corrected chi connectivity index (χ3v) is 4.82. The Morgan fingerprint density at radius 2 is 2.16 bits per heavy atom. The summed E-state index contributed by atoms with van der Waals surface area (Å²) in [6, 6.07) is 7.03. The second kappa shape index (κ2) is 8.82. The largest absolute Gasteiger partial charge is 0.497 e. The molecule has 6 nitrogen and oxygen atoms in total. The minimum Gasteiger partial charge on any atom is -0.497 e. The highest BCUT2D eigenvalue weighted by molar-refractivity contribution is 9.10. The highest BCUT2D eigenvalue weighted by Gasteiger charge is 2.40. The molecular formula is C17H19Br2NO5. The van der Waals surface area contributed by atoms with E-state index < -0.39 is 18.2 Å². The van der Waals surface area contributed by atoms with E-state index in [1.165, 1.54) is 13.2 Å². The first-order valence-electron chi connectivity index (χ1n) is 7.74. The van der Waals surface area contributed by atoms with Crippen molar-refractivity contribution >= 4 is 44.9 Å². The zero-order valence-electron chi connectivity index (χ0n) is 13.6. The molecule has 2 heterocycles. The average Bonchev–Trinajstić information content (AvgIpc) is 3.22. The zero-order chi connectivity index (χ0) is 17.1. The number of hydrogen-bond acceptors (Lipinski definition) is 6. The van der Waals surface area contributed by atoms with Crippen LogP contribution in [-0.2, 0) is 23.8 Å². The second-order valence-electron chi connectivity index (χ2n) is 5.64. The summed E-state index contributed by atoms with van der Waals surface area (Å²) in [6.45, 7) is 0.793. The lowest BCUT2D eigenvalue weighted by molar-refractivity contribution is -0.164. The van der Waals surface area contributed by atoms with Crippen LogP contribution in [-0.4, -0.2) is 37.7 Å². The number of ether oxygens (including phenoxy) is 3. The van der Waals surface area contributed by atoms with Crippen LogP contribution < -0.4 is 5.32 Å². The van der Waals surface area contributed by atoms with Gasteiger partial charge in [-0.15, -0.1) is 17.0 Å². The fourth-order valence-corrected chi connectivity index (χ4v) is 3.40. The summed E-state index contributed by atoms with van der Waals surface area (Å²) < 4.78 is 17.1. The molecule has 0 bridgehead atoms. The monoisotopic (exact) mass is 475 g/mol. The van der Waals surface area contributed by atoms with Crippen molar-refractivity contribution < 1.29 is 23.8 Å². The first-order valence-corrected chi connectivity index (χ1v) is 8.54. The van der Waals surface area contributed by atoms with Gasteiger partial charge in [-0.2, -0.15) is 0 Å². The van der Waals surface area contributed by atoms with Crippen LogP contribution >= 0.6 is 32.9 Å². The summed E-state index contributed by atoms with van der Waals surface area (Å²) in [6.07, 6.45) is 1.36. The molecule has 0 radical (unpaired) electrons. The highest BCUT2D eigenvalue weighted by Crippen LogP contribution is 2.36. The van der Waals surface area contributed by atoms with Gasteiger partial charge < -0.3 is 19.5 Å². The van der Waals surface area contributed by atoms with Crippen molar-refractivity contribution in [2.24, 2.45) is 0 Å². The maximum atomic E-state index is 12.5. The van der Waals surface area contributed by atoms with Gasteiger partial charge in [-0.05, 0) is 25.5 Å². The normalized spacial score (nSPS) is 23.3. The number of halogens is 2. The highest BCUT2D eigenvalue weighted by atomic mass is 79.9. The summed E-state index contributed by atoms with van der Waals surface area (Å²) in [5.74, 6) is -0.525. The van der Waals surface area contributed by atoms with Crippen molar-refractivity contribution in [3.05, 3.63) is 46.1 Å². The number of nitrogens with one attached hydrogen (secondary N) is 1. The van der Waals surface area contributed by atoms with Crippen LogP contribution in [0.2, 0.25) is 0 Å². The fraction of sp³-hybridized carbons (Fsp3) is 0.412. The number of esters is 2. The lowest BCUT2D eigenvalue weighted by Crippen LogP contribution is -2.36. The molecule has 0 aliphatic carbocycles. The average molecular weight is 477 g/mol. The van der Waals surface area contributed by atoms with E-state index in [-0.39, 0.29) is 29.0 Å². The van der Waals surface area contributed by atoms with Crippen molar-refractivity contribution in [2.75, 3.05) is 13.7 Å². The predicted molar refractivity (Wildman–Crippen MR) is 99.3 cm³/mol. The number of methoxy groups -OCH3 is 1. The van der Waals surface area contributed by atoms with Crippen LogP contribution in [0.25, 0.3) is 0 Å². The maximum Gasteiger partial charge on any atom is 0.335 e. The number of rotatable bonds is 5. The van der Waals surface area contributed by atoms with E-state index in [1.54, 1.807) is 0 Å². The number of carbonyl (C=O) groups is 2. The SMILES string of the molecule is Br.COC1=CC(=O)OC1C(OC(=O)[C@@H]1CCCN1)c1ccccc1Br. The maximum absolute atomic E-state index is 12.5. The van der Waals surface area contributed by atoms with E-state index in [0.717, 1.165) is 23.9 Å². The van der Waals surface area contributed by atoms with Gasteiger partial charge in [0.25, 0.3) is 0 Å². The van der Waals surface area contributed by atoms with Crippen molar-refractivity contribution in [3.63, 3.8) is 0 Å².